The molecular weight excluding hydrogens is 230 g/mol. The fourth-order valence-corrected chi connectivity index (χ4v) is 2.38. The van der Waals surface area contributed by atoms with E-state index < -0.39 is 0 Å². The van der Waals surface area contributed by atoms with Crippen LogP contribution in [0.15, 0.2) is 24.3 Å². The number of hydrogen-bond acceptors (Lipinski definition) is 1. The maximum Gasteiger partial charge on any atom is 0.00967 e. The Hall–Kier alpha value is -0.820. The van der Waals surface area contributed by atoms with Gasteiger partial charge in [0, 0.05) is 12.1 Å². The van der Waals surface area contributed by atoms with E-state index in [-0.39, 0.29) is 5.54 Å². The lowest BCUT2D eigenvalue weighted by molar-refractivity contribution is 0.387. The molecule has 0 spiro atoms. The first-order valence-corrected chi connectivity index (χ1v) is 7.60. The van der Waals surface area contributed by atoms with Gasteiger partial charge in [0.1, 0.15) is 0 Å². The molecule has 0 bridgehead atoms. The van der Waals surface area contributed by atoms with E-state index in [1.165, 1.54) is 24.0 Å². The van der Waals surface area contributed by atoms with E-state index >= 15 is 0 Å². The zero-order chi connectivity index (χ0) is 14.5. The predicted molar refractivity (Wildman–Crippen MR) is 85.7 cm³/mol. The maximum absolute atomic E-state index is 3.67. The molecule has 0 heterocycles. The summed E-state index contributed by atoms with van der Waals surface area (Å²) in [4.78, 5) is 0. The van der Waals surface area contributed by atoms with Crippen molar-refractivity contribution in [3.05, 3.63) is 35.4 Å². The van der Waals surface area contributed by atoms with Crippen LogP contribution in [0.4, 0.5) is 0 Å². The van der Waals surface area contributed by atoms with E-state index in [1.54, 1.807) is 0 Å². The predicted octanol–water partition coefficient (Wildman–Crippen LogP) is 4.90. The van der Waals surface area contributed by atoms with Crippen molar-refractivity contribution in [2.75, 3.05) is 6.54 Å². The van der Waals surface area contributed by atoms with Gasteiger partial charge < -0.3 is 5.32 Å². The second-order valence-corrected chi connectivity index (χ2v) is 7.16. The largest absolute Gasteiger partial charge is 0.311 e. The van der Waals surface area contributed by atoms with Gasteiger partial charge in [-0.15, -0.1) is 0 Å². The molecule has 0 amide bonds. The molecule has 1 heteroatoms. The molecule has 0 aliphatic carbocycles. The molecule has 108 valence electrons. The Balaban J connectivity index is 2.77. The summed E-state index contributed by atoms with van der Waals surface area (Å²) in [7, 11) is 0. The van der Waals surface area contributed by atoms with Crippen LogP contribution in [0.1, 0.15) is 64.5 Å². The Morgan fingerprint density at radius 2 is 1.68 bits per heavy atom. The van der Waals surface area contributed by atoms with E-state index in [0.29, 0.717) is 5.92 Å². The van der Waals surface area contributed by atoms with Crippen molar-refractivity contribution in [2.24, 2.45) is 5.92 Å². The molecule has 0 saturated heterocycles. The molecule has 0 saturated carbocycles. The van der Waals surface area contributed by atoms with Gasteiger partial charge in [0.2, 0.25) is 0 Å². The van der Waals surface area contributed by atoms with Gasteiger partial charge in [-0.3, -0.25) is 0 Å². The molecule has 19 heavy (non-hydrogen) atoms. The first kappa shape index (κ1) is 16.2. The highest BCUT2D eigenvalue weighted by Gasteiger charge is 2.17. The molecule has 1 atom stereocenters. The van der Waals surface area contributed by atoms with Crippen LogP contribution < -0.4 is 5.32 Å². The number of hydrogen-bond donors (Lipinski definition) is 1. The monoisotopic (exact) mass is 261 g/mol. The molecule has 1 rings (SSSR count). The highest BCUT2D eigenvalue weighted by Crippen LogP contribution is 2.26. The van der Waals surface area contributed by atoms with Gasteiger partial charge in [-0.1, -0.05) is 44.5 Å². The molecule has 0 fully saturated rings. The van der Waals surface area contributed by atoms with E-state index in [2.05, 4.69) is 71.1 Å². The highest BCUT2D eigenvalue weighted by atomic mass is 14.9. The molecule has 1 unspecified atom stereocenters. The van der Waals surface area contributed by atoms with Gasteiger partial charge in [-0.25, -0.2) is 0 Å². The molecule has 1 nitrogen and oxygen atoms in total. The Labute approximate surface area is 119 Å². The lowest BCUT2D eigenvalue weighted by Gasteiger charge is -2.27. The fraction of sp³-hybridized carbons (Fsp3) is 0.667. The SMILES string of the molecule is Cc1ccccc1C(CCC(C)C)CNC(C)(C)C. The minimum absolute atomic E-state index is 0.193. The van der Waals surface area contributed by atoms with E-state index in [0.717, 1.165) is 12.5 Å². The van der Waals surface area contributed by atoms with Crippen molar-refractivity contribution in [1.82, 2.24) is 5.32 Å². The van der Waals surface area contributed by atoms with Crippen molar-refractivity contribution < 1.29 is 0 Å². The quantitative estimate of drug-likeness (QED) is 0.767. The molecule has 0 radical (unpaired) electrons. The summed E-state index contributed by atoms with van der Waals surface area (Å²) in [5.74, 6) is 1.41. The van der Waals surface area contributed by atoms with Gasteiger partial charge in [0.05, 0.1) is 0 Å². The average molecular weight is 261 g/mol. The third-order valence-electron chi connectivity index (χ3n) is 3.60. The molecule has 0 aromatic heterocycles. The summed E-state index contributed by atoms with van der Waals surface area (Å²) in [5, 5.41) is 3.67. The number of benzene rings is 1. The van der Waals surface area contributed by atoms with Crippen LogP contribution >= 0.6 is 0 Å². The minimum atomic E-state index is 0.193. The number of aryl methyl sites for hydroxylation is 1. The van der Waals surface area contributed by atoms with Crippen LogP contribution in [-0.4, -0.2) is 12.1 Å². The smallest absolute Gasteiger partial charge is 0.00967 e. The number of nitrogens with one attached hydrogen (secondary N) is 1. The van der Waals surface area contributed by atoms with Crippen LogP contribution in [0.25, 0.3) is 0 Å². The topological polar surface area (TPSA) is 12.0 Å². The summed E-state index contributed by atoms with van der Waals surface area (Å²) in [6.45, 7) is 14.6. The number of rotatable bonds is 6. The normalized spacial score (nSPS) is 13.8. The molecule has 1 aromatic rings. The van der Waals surface area contributed by atoms with Crippen LogP contribution in [-0.2, 0) is 0 Å². The first-order chi connectivity index (χ1) is 8.79. The van der Waals surface area contributed by atoms with Crippen molar-refractivity contribution >= 4 is 0 Å². The van der Waals surface area contributed by atoms with Crippen LogP contribution in [0.5, 0.6) is 0 Å². The van der Waals surface area contributed by atoms with E-state index in [9.17, 15) is 0 Å². The summed E-state index contributed by atoms with van der Waals surface area (Å²) in [6, 6.07) is 8.83. The summed E-state index contributed by atoms with van der Waals surface area (Å²) in [6.07, 6.45) is 2.57. The molecule has 1 N–H and O–H groups in total. The fourth-order valence-electron chi connectivity index (χ4n) is 2.38. The summed E-state index contributed by atoms with van der Waals surface area (Å²) >= 11 is 0. The second-order valence-electron chi connectivity index (χ2n) is 7.16. The molecule has 0 aliphatic heterocycles. The second kappa shape index (κ2) is 7.09. The van der Waals surface area contributed by atoms with Crippen molar-refractivity contribution in [3.63, 3.8) is 0 Å². The third-order valence-corrected chi connectivity index (χ3v) is 3.60. The van der Waals surface area contributed by atoms with Gasteiger partial charge >= 0.3 is 0 Å². The molecule has 0 aliphatic rings. The Morgan fingerprint density at radius 1 is 1.05 bits per heavy atom. The van der Waals surface area contributed by atoms with Gasteiger partial charge in [0.25, 0.3) is 0 Å². The lowest BCUT2D eigenvalue weighted by atomic mass is 9.88. The average Bonchev–Trinajstić information content (AvgIpc) is 2.29. The van der Waals surface area contributed by atoms with Crippen molar-refractivity contribution in [1.29, 1.82) is 0 Å². The maximum atomic E-state index is 3.67. The highest BCUT2D eigenvalue weighted by molar-refractivity contribution is 5.29. The van der Waals surface area contributed by atoms with Crippen molar-refractivity contribution in [3.8, 4) is 0 Å². The standard InChI is InChI=1S/C18H31N/c1-14(2)11-12-16(13-19-18(4,5)6)17-10-8-7-9-15(17)3/h7-10,14,16,19H,11-13H2,1-6H3. The Kier molecular flexibility index (Phi) is 6.06. The Morgan fingerprint density at radius 3 is 2.21 bits per heavy atom. The Bertz CT molecular complexity index is 374. The summed E-state index contributed by atoms with van der Waals surface area (Å²) < 4.78 is 0. The zero-order valence-corrected chi connectivity index (χ0v) is 13.6. The van der Waals surface area contributed by atoms with Crippen LogP contribution in [0.2, 0.25) is 0 Å². The van der Waals surface area contributed by atoms with Crippen LogP contribution in [0.3, 0.4) is 0 Å². The zero-order valence-electron chi connectivity index (χ0n) is 13.6. The minimum Gasteiger partial charge on any atom is -0.311 e. The molecule has 1 aromatic carbocycles. The molecular formula is C18H31N. The third kappa shape index (κ3) is 6.24. The lowest BCUT2D eigenvalue weighted by Crippen LogP contribution is -2.38. The van der Waals surface area contributed by atoms with E-state index in [1.807, 2.05) is 0 Å². The van der Waals surface area contributed by atoms with Crippen molar-refractivity contribution in [2.45, 2.75) is 65.8 Å². The first-order valence-electron chi connectivity index (χ1n) is 7.60. The summed E-state index contributed by atoms with van der Waals surface area (Å²) in [5.41, 5.74) is 3.13. The van der Waals surface area contributed by atoms with Crippen LogP contribution in [0, 0.1) is 12.8 Å². The van der Waals surface area contributed by atoms with Gasteiger partial charge in [0.15, 0.2) is 0 Å². The van der Waals surface area contributed by atoms with Gasteiger partial charge in [-0.2, -0.15) is 0 Å². The van der Waals surface area contributed by atoms with E-state index in [4.69, 9.17) is 0 Å². The van der Waals surface area contributed by atoms with Gasteiger partial charge in [-0.05, 0) is 57.1 Å².